The third-order valence-electron chi connectivity index (χ3n) is 2.39. The van der Waals surface area contributed by atoms with Gasteiger partial charge in [0.25, 0.3) is 0 Å². The highest BCUT2D eigenvalue weighted by Crippen LogP contribution is 2.08. The van der Waals surface area contributed by atoms with Gasteiger partial charge in [-0.1, -0.05) is 26.2 Å². The first-order valence-electron chi connectivity index (χ1n) is 5.86. The lowest BCUT2D eigenvalue weighted by atomic mass is 10.1. The minimum absolute atomic E-state index is 0.256. The molecule has 0 saturated carbocycles. The number of rotatable bonds is 10. The fourth-order valence-electron chi connectivity index (χ4n) is 1.44. The number of unbranched alkanes of at least 4 members (excludes halogenated alkanes) is 4. The maximum absolute atomic E-state index is 11.3. The van der Waals surface area contributed by atoms with Crippen molar-refractivity contribution in [2.75, 3.05) is 0 Å². The number of Topliss-reactive ketones (excluding diaryl/α,β-unsaturated/α-hetero) is 1. The largest absolute Gasteiger partial charge is 0.300 e. The summed E-state index contributed by atoms with van der Waals surface area (Å²) in [5.74, 6) is 0.380. The SMILES string of the molecule is CCCCC(=O)CCCCCCC(=O)Cl. The van der Waals surface area contributed by atoms with Crippen LogP contribution in [0.25, 0.3) is 0 Å². The van der Waals surface area contributed by atoms with E-state index in [0.29, 0.717) is 18.6 Å². The van der Waals surface area contributed by atoms with Crippen molar-refractivity contribution in [3.05, 3.63) is 0 Å². The van der Waals surface area contributed by atoms with E-state index in [-0.39, 0.29) is 5.24 Å². The molecule has 0 N–H and O–H groups in total. The molecular formula is C12H21ClO2. The molecule has 0 spiro atoms. The minimum Gasteiger partial charge on any atom is -0.300 e. The summed E-state index contributed by atoms with van der Waals surface area (Å²) in [7, 11) is 0. The Kier molecular flexibility index (Phi) is 9.91. The Morgan fingerprint density at radius 2 is 1.40 bits per heavy atom. The van der Waals surface area contributed by atoms with Gasteiger partial charge < -0.3 is 0 Å². The number of ketones is 1. The normalized spacial score (nSPS) is 10.3. The summed E-state index contributed by atoms with van der Waals surface area (Å²) in [6.45, 7) is 2.09. The van der Waals surface area contributed by atoms with Crippen molar-refractivity contribution >= 4 is 22.6 Å². The highest BCUT2D eigenvalue weighted by Gasteiger charge is 2.01. The molecular weight excluding hydrogens is 212 g/mol. The van der Waals surface area contributed by atoms with E-state index in [1.807, 2.05) is 0 Å². The predicted molar refractivity (Wildman–Crippen MR) is 63.1 cm³/mol. The van der Waals surface area contributed by atoms with Crippen molar-refractivity contribution in [1.82, 2.24) is 0 Å². The molecule has 0 aliphatic rings. The third-order valence-corrected chi connectivity index (χ3v) is 2.58. The molecule has 15 heavy (non-hydrogen) atoms. The first-order chi connectivity index (χ1) is 7.16. The molecule has 88 valence electrons. The molecule has 0 saturated heterocycles. The maximum atomic E-state index is 11.3. The fourth-order valence-corrected chi connectivity index (χ4v) is 1.57. The van der Waals surface area contributed by atoms with Crippen molar-refractivity contribution in [1.29, 1.82) is 0 Å². The lowest BCUT2D eigenvalue weighted by Crippen LogP contribution is -1.97. The molecule has 0 aliphatic carbocycles. The molecule has 0 heterocycles. The molecule has 0 radical (unpaired) electrons. The quantitative estimate of drug-likeness (QED) is 0.424. The summed E-state index contributed by atoms with van der Waals surface area (Å²) in [4.78, 5) is 21.7. The number of halogens is 1. The van der Waals surface area contributed by atoms with Gasteiger partial charge in [-0.05, 0) is 30.9 Å². The summed E-state index contributed by atoms with van der Waals surface area (Å²) in [6, 6.07) is 0. The monoisotopic (exact) mass is 232 g/mol. The van der Waals surface area contributed by atoms with Gasteiger partial charge in [0.1, 0.15) is 5.78 Å². The molecule has 2 nitrogen and oxygen atoms in total. The lowest BCUT2D eigenvalue weighted by molar-refractivity contribution is -0.119. The summed E-state index contributed by atoms with van der Waals surface area (Å²) in [5, 5.41) is -0.256. The van der Waals surface area contributed by atoms with E-state index in [1.54, 1.807) is 0 Å². The van der Waals surface area contributed by atoms with E-state index >= 15 is 0 Å². The van der Waals surface area contributed by atoms with Gasteiger partial charge in [0.2, 0.25) is 5.24 Å². The van der Waals surface area contributed by atoms with Crippen LogP contribution in [-0.2, 0) is 9.59 Å². The van der Waals surface area contributed by atoms with Crippen LogP contribution < -0.4 is 0 Å². The standard InChI is InChI=1S/C12H21ClO2/c1-2-3-8-11(14)9-6-4-5-7-10-12(13)15/h2-10H2,1H3. The van der Waals surface area contributed by atoms with Crippen LogP contribution in [0.2, 0.25) is 0 Å². The zero-order chi connectivity index (χ0) is 11.5. The van der Waals surface area contributed by atoms with Crippen LogP contribution in [0.4, 0.5) is 0 Å². The van der Waals surface area contributed by atoms with E-state index in [0.717, 1.165) is 44.9 Å². The summed E-state index contributed by atoms with van der Waals surface area (Å²) in [5.41, 5.74) is 0. The Morgan fingerprint density at radius 3 is 1.93 bits per heavy atom. The molecule has 0 aliphatic heterocycles. The Balaban J connectivity index is 3.16. The van der Waals surface area contributed by atoms with E-state index in [2.05, 4.69) is 6.92 Å². The van der Waals surface area contributed by atoms with Gasteiger partial charge in [0.05, 0.1) is 0 Å². The van der Waals surface area contributed by atoms with Gasteiger partial charge in [0.15, 0.2) is 0 Å². The van der Waals surface area contributed by atoms with Crippen LogP contribution in [0.15, 0.2) is 0 Å². The maximum Gasteiger partial charge on any atom is 0.221 e. The average molecular weight is 233 g/mol. The van der Waals surface area contributed by atoms with Gasteiger partial charge in [0, 0.05) is 19.3 Å². The van der Waals surface area contributed by atoms with Crippen molar-refractivity contribution in [2.45, 2.75) is 64.7 Å². The number of carbonyl (C=O) groups excluding carboxylic acids is 2. The number of carbonyl (C=O) groups is 2. The van der Waals surface area contributed by atoms with Gasteiger partial charge in [-0.25, -0.2) is 0 Å². The summed E-state index contributed by atoms with van der Waals surface area (Å²) >= 11 is 5.21. The second-order valence-corrected chi connectivity index (χ2v) is 4.33. The lowest BCUT2D eigenvalue weighted by Gasteiger charge is -2.00. The van der Waals surface area contributed by atoms with Crippen LogP contribution in [0.5, 0.6) is 0 Å². The summed E-state index contributed by atoms with van der Waals surface area (Å²) in [6.07, 6.45) is 7.84. The molecule has 0 aromatic rings. The Bertz CT molecular complexity index is 190. The highest BCUT2D eigenvalue weighted by molar-refractivity contribution is 6.63. The molecule has 3 heteroatoms. The molecule has 0 amide bonds. The van der Waals surface area contributed by atoms with Crippen LogP contribution >= 0.6 is 11.6 Å². The Hall–Kier alpha value is -0.370. The molecule has 0 atom stereocenters. The van der Waals surface area contributed by atoms with Crippen LogP contribution in [0, 0.1) is 0 Å². The van der Waals surface area contributed by atoms with Gasteiger partial charge >= 0.3 is 0 Å². The minimum atomic E-state index is -0.256. The van der Waals surface area contributed by atoms with Gasteiger partial charge in [-0.15, -0.1) is 0 Å². The second kappa shape index (κ2) is 10.2. The molecule has 0 bridgehead atoms. The van der Waals surface area contributed by atoms with Gasteiger partial charge in [-0.2, -0.15) is 0 Å². The summed E-state index contributed by atoms with van der Waals surface area (Å²) < 4.78 is 0. The van der Waals surface area contributed by atoms with Crippen molar-refractivity contribution in [3.63, 3.8) is 0 Å². The van der Waals surface area contributed by atoms with Crippen LogP contribution in [-0.4, -0.2) is 11.0 Å². The van der Waals surface area contributed by atoms with E-state index in [9.17, 15) is 9.59 Å². The zero-order valence-electron chi connectivity index (χ0n) is 9.56. The Morgan fingerprint density at radius 1 is 0.867 bits per heavy atom. The molecule has 0 aromatic carbocycles. The van der Waals surface area contributed by atoms with Crippen LogP contribution in [0.1, 0.15) is 64.7 Å². The smallest absolute Gasteiger partial charge is 0.221 e. The molecule has 0 unspecified atom stereocenters. The van der Waals surface area contributed by atoms with Crippen LogP contribution in [0.3, 0.4) is 0 Å². The first kappa shape index (κ1) is 14.6. The molecule has 0 fully saturated rings. The van der Waals surface area contributed by atoms with E-state index < -0.39 is 0 Å². The topological polar surface area (TPSA) is 34.1 Å². The Labute approximate surface area is 97.4 Å². The van der Waals surface area contributed by atoms with E-state index in [4.69, 9.17) is 11.6 Å². The third kappa shape index (κ3) is 11.6. The van der Waals surface area contributed by atoms with Crippen molar-refractivity contribution in [2.24, 2.45) is 0 Å². The van der Waals surface area contributed by atoms with Gasteiger partial charge in [-0.3, -0.25) is 9.59 Å². The number of hydrogen-bond acceptors (Lipinski definition) is 2. The highest BCUT2D eigenvalue weighted by atomic mass is 35.5. The van der Waals surface area contributed by atoms with E-state index in [1.165, 1.54) is 0 Å². The molecule has 0 rings (SSSR count). The average Bonchev–Trinajstić information content (AvgIpc) is 2.19. The van der Waals surface area contributed by atoms with Crippen molar-refractivity contribution in [3.8, 4) is 0 Å². The second-order valence-electron chi connectivity index (χ2n) is 3.91. The first-order valence-corrected chi connectivity index (χ1v) is 6.24. The predicted octanol–water partition coefficient (Wildman–Crippen LogP) is 3.85. The fraction of sp³-hybridized carbons (Fsp3) is 0.833. The van der Waals surface area contributed by atoms with Crippen molar-refractivity contribution < 1.29 is 9.59 Å². The zero-order valence-corrected chi connectivity index (χ0v) is 10.3. The molecule has 0 aromatic heterocycles. The number of hydrogen-bond donors (Lipinski definition) is 0.